The fraction of sp³-hybridized carbons (Fsp3) is 0.0714. The van der Waals surface area contributed by atoms with Crippen LogP contribution in [-0.2, 0) is 4.84 Å². The number of phenolic OH excluding ortho intramolecular Hbond substituents is 1. The van der Waals surface area contributed by atoms with Gasteiger partial charge in [0.2, 0.25) is 0 Å². The monoisotopic (exact) mass is 341 g/mol. The highest BCUT2D eigenvalue weighted by molar-refractivity contribution is 6.34. The third-order valence-electron chi connectivity index (χ3n) is 2.78. The molecule has 114 valence electrons. The Balaban J connectivity index is 2.25. The Morgan fingerprint density at radius 3 is 2.59 bits per heavy atom. The van der Waals surface area contributed by atoms with Crippen molar-refractivity contribution in [3.05, 3.63) is 56.9 Å². The van der Waals surface area contributed by atoms with E-state index in [2.05, 4.69) is 10.2 Å². The average Bonchev–Trinajstić information content (AvgIpc) is 2.50. The van der Waals surface area contributed by atoms with Gasteiger partial charge in [0.05, 0.1) is 21.2 Å². The normalized spacial score (nSPS) is 10.1. The molecule has 0 radical (unpaired) electrons. The third-order valence-corrected chi connectivity index (χ3v) is 3.33. The molecule has 0 fully saturated rings. The van der Waals surface area contributed by atoms with Gasteiger partial charge in [0.25, 0.3) is 10.8 Å². The van der Waals surface area contributed by atoms with Gasteiger partial charge in [-0.25, -0.2) is 4.84 Å². The molecular weight excluding hydrogens is 331 g/mol. The Hall–Kier alpha value is -2.31. The van der Waals surface area contributed by atoms with Gasteiger partial charge < -0.3 is 10.4 Å². The molecule has 8 heteroatoms. The van der Waals surface area contributed by atoms with Crippen LogP contribution in [0.2, 0.25) is 10.0 Å². The molecule has 2 aromatic carbocycles. The molecule has 2 rings (SSSR count). The fourth-order valence-corrected chi connectivity index (χ4v) is 2.10. The number of phenols is 1. The zero-order valence-corrected chi connectivity index (χ0v) is 12.9. The van der Waals surface area contributed by atoms with Crippen molar-refractivity contribution in [3.8, 4) is 5.75 Å². The first kappa shape index (κ1) is 16.1. The molecule has 0 aromatic heterocycles. The van der Waals surface area contributed by atoms with E-state index in [4.69, 9.17) is 23.2 Å². The number of hydrogen-bond donors (Lipinski definition) is 2. The van der Waals surface area contributed by atoms with Crippen LogP contribution in [0.15, 0.2) is 36.4 Å². The lowest BCUT2D eigenvalue weighted by atomic mass is 10.2. The first-order chi connectivity index (χ1) is 10.4. The predicted molar refractivity (Wildman–Crippen MR) is 82.8 cm³/mol. The fourth-order valence-electron chi connectivity index (χ4n) is 1.70. The summed E-state index contributed by atoms with van der Waals surface area (Å²) in [6.45, 7) is 0. The molecule has 0 bridgehead atoms. The SMILES string of the molecule is CO[N+](=O)c1ccc(NC(=O)c2cc(Cl)ccc2O)c(Cl)c1. The van der Waals surface area contributed by atoms with Crippen molar-refractivity contribution in [2.24, 2.45) is 0 Å². The summed E-state index contributed by atoms with van der Waals surface area (Å²) in [7, 11) is 1.22. The van der Waals surface area contributed by atoms with E-state index in [1.807, 2.05) is 0 Å². The van der Waals surface area contributed by atoms with Crippen LogP contribution in [0.1, 0.15) is 10.4 Å². The lowest BCUT2D eigenvalue weighted by molar-refractivity contribution is -0.736. The minimum atomic E-state index is -0.583. The Labute approximate surface area is 135 Å². The number of carbonyl (C=O) groups excluding carboxylic acids is 1. The highest BCUT2D eigenvalue weighted by atomic mass is 35.5. The van der Waals surface area contributed by atoms with Gasteiger partial charge in [0.15, 0.2) is 7.11 Å². The number of nitrogens with one attached hydrogen (secondary N) is 1. The maximum atomic E-state index is 12.1. The molecule has 0 aliphatic rings. The van der Waals surface area contributed by atoms with Crippen molar-refractivity contribution in [2.75, 3.05) is 12.4 Å². The second-order valence-electron chi connectivity index (χ2n) is 4.22. The number of benzene rings is 2. The van der Waals surface area contributed by atoms with Gasteiger partial charge in [-0.05, 0) is 24.3 Å². The summed E-state index contributed by atoms with van der Waals surface area (Å²) in [5, 5.41) is 12.7. The van der Waals surface area contributed by atoms with Crippen LogP contribution >= 0.6 is 23.2 Å². The van der Waals surface area contributed by atoms with Crippen molar-refractivity contribution in [1.29, 1.82) is 0 Å². The molecular formula is C14H11Cl2N2O4+. The molecule has 0 saturated carbocycles. The average molecular weight is 342 g/mol. The summed E-state index contributed by atoms with van der Waals surface area (Å²) in [6.07, 6.45) is 0. The van der Waals surface area contributed by atoms with Crippen molar-refractivity contribution in [1.82, 2.24) is 0 Å². The number of rotatable bonds is 4. The predicted octanol–water partition coefficient (Wildman–Crippen LogP) is 3.92. The molecule has 2 N–H and O–H groups in total. The molecule has 0 unspecified atom stereocenters. The second kappa shape index (κ2) is 6.64. The summed E-state index contributed by atoms with van der Waals surface area (Å²) in [5.41, 5.74) is 0.463. The summed E-state index contributed by atoms with van der Waals surface area (Å²) in [5.74, 6) is -0.792. The van der Waals surface area contributed by atoms with Crippen LogP contribution in [0.4, 0.5) is 11.4 Å². The summed E-state index contributed by atoms with van der Waals surface area (Å²) < 4.78 is 0. The van der Waals surface area contributed by atoms with E-state index in [1.54, 1.807) is 0 Å². The summed E-state index contributed by atoms with van der Waals surface area (Å²) >= 11 is 11.8. The maximum absolute atomic E-state index is 12.1. The van der Waals surface area contributed by atoms with Crippen molar-refractivity contribution >= 4 is 40.5 Å². The van der Waals surface area contributed by atoms with Crippen LogP contribution in [0.3, 0.4) is 0 Å². The molecule has 0 aliphatic heterocycles. The molecule has 0 spiro atoms. The number of nitrogens with zero attached hydrogens (tertiary/aromatic N) is 1. The number of amides is 1. The summed E-state index contributed by atoms with van der Waals surface area (Å²) in [4.78, 5) is 28.2. The van der Waals surface area contributed by atoms with Gasteiger partial charge in [-0.2, -0.15) is 0 Å². The largest absolute Gasteiger partial charge is 0.507 e. The molecule has 2 aromatic rings. The highest BCUT2D eigenvalue weighted by Crippen LogP contribution is 2.28. The number of halogens is 2. The quantitative estimate of drug-likeness (QED) is 0.826. The number of carbonyl (C=O) groups is 1. The number of aromatic hydroxyl groups is 1. The smallest absolute Gasteiger partial charge is 0.318 e. The van der Waals surface area contributed by atoms with E-state index in [-0.39, 0.29) is 32.6 Å². The van der Waals surface area contributed by atoms with E-state index in [0.717, 1.165) is 0 Å². The third kappa shape index (κ3) is 3.47. The molecule has 1 amide bonds. The van der Waals surface area contributed by atoms with Crippen molar-refractivity contribution < 1.29 is 19.7 Å². The van der Waals surface area contributed by atoms with Gasteiger partial charge in [-0.1, -0.05) is 23.2 Å². The Morgan fingerprint density at radius 2 is 1.95 bits per heavy atom. The van der Waals surface area contributed by atoms with Gasteiger partial charge >= 0.3 is 5.69 Å². The molecule has 0 aliphatic carbocycles. The molecule has 0 heterocycles. The number of hydrogen-bond acceptors (Lipinski definition) is 4. The van der Waals surface area contributed by atoms with Crippen LogP contribution in [0.25, 0.3) is 0 Å². The zero-order valence-electron chi connectivity index (χ0n) is 11.3. The minimum absolute atomic E-state index is 0.00925. The van der Waals surface area contributed by atoms with Crippen LogP contribution in [0.5, 0.6) is 5.75 Å². The molecule has 0 atom stereocenters. The van der Waals surface area contributed by atoms with E-state index in [9.17, 15) is 14.8 Å². The lowest BCUT2D eigenvalue weighted by Gasteiger charge is -2.08. The van der Waals surface area contributed by atoms with E-state index < -0.39 is 5.91 Å². The molecule has 6 nitrogen and oxygen atoms in total. The highest BCUT2D eigenvalue weighted by Gasteiger charge is 2.18. The Bertz CT molecular complexity index is 750. The van der Waals surface area contributed by atoms with Crippen molar-refractivity contribution in [3.63, 3.8) is 0 Å². The lowest BCUT2D eigenvalue weighted by Crippen LogP contribution is -2.12. The maximum Gasteiger partial charge on any atom is 0.318 e. The van der Waals surface area contributed by atoms with Crippen molar-refractivity contribution in [2.45, 2.75) is 0 Å². The molecule has 22 heavy (non-hydrogen) atoms. The van der Waals surface area contributed by atoms with Gasteiger partial charge in [-0.15, -0.1) is 0 Å². The number of anilines is 1. The minimum Gasteiger partial charge on any atom is -0.507 e. The zero-order chi connectivity index (χ0) is 16.3. The summed E-state index contributed by atoms with van der Waals surface area (Å²) in [6, 6.07) is 8.32. The Morgan fingerprint density at radius 1 is 1.23 bits per heavy atom. The first-order valence-electron chi connectivity index (χ1n) is 6.03. The first-order valence-corrected chi connectivity index (χ1v) is 6.78. The Kier molecular flexibility index (Phi) is 4.85. The van der Waals surface area contributed by atoms with Gasteiger partial charge in [0.1, 0.15) is 5.75 Å². The van der Waals surface area contributed by atoms with Crippen LogP contribution in [0, 0.1) is 4.91 Å². The standard InChI is InChI=1S/C14H10Cl2N2O4/c1-22-18(21)9-3-4-12(11(16)7-9)17-14(20)10-6-8(15)2-5-13(10)19/h2-7H,1H3,(H-,17,19,20,21)/p+1. The van der Waals surface area contributed by atoms with E-state index in [0.29, 0.717) is 5.02 Å². The second-order valence-corrected chi connectivity index (χ2v) is 5.06. The van der Waals surface area contributed by atoms with E-state index >= 15 is 0 Å². The van der Waals surface area contributed by atoms with Crippen LogP contribution < -0.4 is 5.32 Å². The van der Waals surface area contributed by atoms with Gasteiger partial charge in [0, 0.05) is 17.2 Å². The van der Waals surface area contributed by atoms with Gasteiger partial charge in [-0.3, -0.25) is 4.79 Å². The molecule has 0 saturated heterocycles. The van der Waals surface area contributed by atoms with Crippen LogP contribution in [-0.4, -0.2) is 23.0 Å². The van der Waals surface area contributed by atoms with E-state index in [1.165, 1.54) is 43.5 Å². The topological polar surface area (TPSA) is 78.6 Å².